The van der Waals surface area contributed by atoms with Crippen LogP contribution in [-0.4, -0.2) is 43.7 Å². The highest BCUT2D eigenvalue weighted by Crippen LogP contribution is 2.49. The zero-order valence-electron chi connectivity index (χ0n) is 18.1. The lowest BCUT2D eigenvalue weighted by Gasteiger charge is -2.34. The molecule has 0 aliphatic carbocycles. The van der Waals surface area contributed by atoms with E-state index in [9.17, 15) is 18.3 Å². The summed E-state index contributed by atoms with van der Waals surface area (Å²) < 4.78 is 59.2. The van der Waals surface area contributed by atoms with Gasteiger partial charge in [0.25, 0.3) is 0 Å². The Balaban J connectivity index is 1.53. The maximum absolute atomic E-state index is 13.0. The number of hydrogen-bond donors (Lipinski definition) is 2. The summed E-state index contributed by atoms with van der Waals surface area (Å²) in [5, 5.41) is 12.1. The van der Waals surface area contributed by atoms with Gasteiger partial charge in [0.05, 0.1) is 10.9 Å². The molecule has 0 radical (unpaired) electrons. The quantitative estimate of drug-likeness (QED) is 0.613. The van der Waals surface area contributed by atoms with Gasteiger partial charge < -0.3 is 29.6 Å². The minimum Gasteiger partial charge on any atom is -0.383 e. The normalized spacial score (nSPS) is 28.7. The van der Waals surface area contributed by atoms with Crippen molar-refractivity contribution >= 4 is 16.9 Å². The van der Waals surface area contributed by atoms with Crippen molar-refractivity contribution in [1.82, 2.24) is 14.5 Å². The van der Waals surface area contributed by atoms with E-state index in [4.69, 9.17) is 19.9 Å². The van der Waals surface area contributed by atoms with E-state index in [1.165, 1.54) is 25.4 Å². The van der Waals surface area contributed by atoms with Crippen LogP contribution in [0.3, 0.4) is 0 Å². The summed E-state index contributed by atoms with van der Waals surface area (Å²) in [5.41, 5.74) is 4.25. The van der Waals surface area contributed by atoms with Gasteiger partial charge in [-0.1, -0.05) is 12.1 Å². The maximum Gasteiger partial charge on any atom is 0.416 e. The van der Waals surface area contributed by atoms with Gasteiger partial charge in [0.2, 0.25) is 0 Å². The highest BCUT2D eigenvalue weighted by molar-refractivity contribution is 5.86. The van der Waals surface area contributed by atoms with Crippen molar-refractivity contribution in [3.63, 3.8) is 0 Å². The third-order valence-corrected chi connectivity index (χ3v) is 6.19. The molecule has 1 unspecified atom stereocenters. The first-order valence-corrected chi connectivity index (χ1v) is 10.4. The SMILES string of the molecule is CC1(C)O[C@@H]2[C@H](O1)[C@@H](C(C)(O)c1ccc(C(F)(F)F)cc1)O[C@H]2n1ccc2c(N)ncnc21. The van der Waals surface area contributed by atoms with E-state index in [0.29, 0.717) is 16.9 Å². The molecule has 5 rings (SSSR count). The lowest BCUT2D eigenvalue weighted by atomic mass is 9.86. The average molecular weight is 464 g/mol. The van der Waals surface area contributed by atoms with Gasteiger partial charge in [-0.2, -0.15) is 13.2 Å². The molecule has 1 aromatic carbocycles. The third kappa shape index (κ3) is 3.55. The summed E-state index contributed by atoms with van der Waals surface area (Å²) >= 11 is 0. The number of aliphatic hydroxyl groups is 1. The number of nitrogens with two attached hydrogens (primary N) is 1. The van der Waals surface area contributed by atoms with Crippen LogP contribution in [0.25, 0.3) is 11.0 Å². The lowest BCUT2D eigenvalue weighted by Crippen LogP contribution is -2.45. The first kappa shape index (κ1) is 22.1. The van der Waals surface area contributed by atoms with Crippen LogP contribution in [0, 0.1) is 0 Å². The molecule has 0 amide bonds. The standard InChI is InChI=1S/C22H23F3N4O4/c1-20(2)32-14-15(33-20)19(29-9-8-13-17(26)27-10-28-18(13)29)31-16(14)21(3,30)11-4-6-12(7-5-11)22(23,24)25/h4-10,14-16,19,30H,1-3H3,(H2,26,27,28)/t14-,15+,16-,19+,21?/m0/s1. The van der Waals surface area contributed by atoms with E-state index in [1.54, 1.807) is 30.7 Å². The molecule has 2 aliphatic heterocycles. The smallest absolute Gasteiger partial charge is 0.383 e. The zero-order valence-corrected chi connectivity index (χ0v) is 18.1. The van der Waals surface area contributed by atoms with Crippen molar-refractivity contribution in [1.29, 1.82) is 0 Å². The Labute approximate surface area is 187 Å². The fraction of sp³-hybridized carbons (Fsp3) is 0.455. The van der Waals surface area contributed by atoms with Gasteiger partial charge in [-0.05, 0) is 44.5 Å². The molecule has 0 spiro atoms. The number of hydrogen-bond acceptors (Lipinski definition) is 7. The van der Waals surface area contributed by atoms with Gasteiger partial charge in [0.15, 0.2) is 12.0 Å². The van der Waals surface area contributed by atoms with E-state index in [-0.39, 0.29) is 5.56 Å². The summed E-state index contributed by atoms with van der Waals surface area (Å²) in [6, 6.07) is 6.11. The number of nitrogens with zero attached hydrogens (tertiary/aromatic N) is 3. The number of alkyl halides is 3. The molecule has 176 valence electrons. The third-order valence-electron chi connectivity index (χ3n) is 6.19. The summed E-state index contributed by atoms with van der Waals surface area (Å²) in [5.74, 6) is -0.645. The Morgan fingerprint density at radius 1 is 1.03 bits per heavy atom. The summed E-state index contributed by atoms with van der Waals surface area (Å²) in [6.45, 7) is 4.99. The van der Waals surface area contributed by atoms with Gasteiger partial charge in [-0.3, -0.25) is 0 Å². The van der Waals surface area contributed by atoms with Crippen molar-refractivity contribution in [2.75, 3.05) is 5.73 Å². The number of aromatic nitrogens is 3. The van der Waals surface area contributed by atoms with Crippen molar-refractivity contribution in [2.45, 2.75) is 62.9 Å². The molecule has 2 aliphatic rings. The number of anilines is 1. The molecule has 0 saturated carbocycles. The molecule has 3 N–H and O–H groups in total. The number of rotatable bonds is 3. The van der Waals surface area contributed by atoms with Crippen LogP contribution in [0.2, 0.25) is 0 Å². The molecule has 2 saturated heterocycles. The van der Waals surface area contributed by atoms with Gasteiger partial charge in [-0.15, -0.1) is 0 Å². The summed E-state index contributed by atoms with van der Waals surface area (Å²) in [4.78, 5) is 8.29. The predicted molar refractivity (Wildman–Crippen MR) is 111 cm³/mol. The first-order chi connectivity index (χ1) is 15.4. The number of halogens is 3. The number of ether oxygens (including phenoxy) is 3. The Morgan fingerprint density at radius 2 is 1.67 bits per heavy atom. The molecule has 8 nitrogen and oxygen atoms in total. The van der Waals surface area contributed by atoms with E-state index in [2.05, 4.69) is 9.97 Å². The number of benzene rings is 1. The monoisotopic (exact) mass is 464 g/mol. The first-order valence-electron chi connectivity index (χ1n) is 10.4. The Hall–Kier alpha value is -2.73. The summed E-state index contributed by atoms with van der Waals surface area (Å²) in [6.07, 6.45) is -4.38. The second kappa shape index (κ2) is 7.13. The summed E-state index contributed by atoms with van der Waals surface area (Å²) in [7, 11) is 0. The molecule has 11 heteroatoms. The van der Waals surface area contributed by atoms with Crippen molar-refractivity contribution in [3.8, 4) is 0 Å². The molecular formula is C22H23F3N4O4. The van der Waals surface area contributed by atoms with Gasteiger partial charge in [0, 0.05) is 6.20 Å². The van der Waals surface area contributed by atoms with Crippen molar-refractivity contribution < 1.29 is 32.5 Å². The van der Waals surface area contributed by atoms with E-state index in [1.807, 2.05) is 0 Å². The van der Waals surface area contributed by atoms with Crippen LogP contribution >= 0.6 is 0 Å². The maximum atomic E-state index is 13.0. The molecule has 2 fully saturated rings. The fourth-order valence-corrected chi connectivity index (χ4v) is 4.61. The molecule has 4 heterocycles. The molecular weight excluding hydrogens is 441 g/mol. The highest BCUT2D eigenvalue weighted by atomic mass is 19.4. The van der Waals surface area contributed by atoms with Crippen molar-refractivity contribution in [3.05, 3.63) is 54.0 Å². The lowest BCUT2D eigenvalue weighted by molar-refractivity contribution is -0.221. The van der Waals surface area contributed by atoms with E-state index in [0.717, 1.165) is 12.1 Å². The van der Waals surface area contributed by atoms with Crippen LogP contribution in [0.1, 0.15) is 38.1 Å². The second-order valence-corrected chi connectivity index (χ2v) is 8.95. The van der Waals surface area contributed by atoms with Crippen LogP contribution in [0.15, 0.2) is 42.9 Å². The molecule has 2 aromatic heterocycles. The number of nitrogen functional groups attached to an aromatic ring is 1. The Bertz CT molecular complexity index is 1190. The molecule has 3 aromatic rings. The Kier molecular flexibility index (Phi) is 4.77. The van der Waals surface area contributed by atoms with E-state index >= 15 is 0 Å². The minimum atomic E-state index is -4.48. The predicted octanol–water partition coefficient (Wildman–Crippen LogP) is 3.36. The van der Waals surface area contributed by atoms with Crippen LogP contribution in [0.4, 0.5) is 19.0 Å². The van der Waals surface area contributed by atoms with Crippen LogP contribution in [-0.2, 0) is 26.0 Å². The second-order valence-electron chi connectivity index (χ2n) is 8.95. The highest BCUT2D eigenvalue weighted by Gasteiger charge is 2.60. The van der Waals surface area contributed by atoms with Gasteiger partial charge >= 0.3 is 6.18 Å². The average Bonchev–Trinajstić information content (AvgIpc) is 3.38. The van der Waals surface area contributed by atoms with Crippen LogP contribution < -0.4 is 5.73 Å². The molecule has 5 atom stereocenters. The number of fused-ring (bicyclic) bond motifs is 2. The minimum absolute atomic E-state index is 0.261. The Morgan fingerprint density at radius 3 is 2.33 bits per heavy atom. The van der Waals surface area contributed by atoms with Gasteiger partial charge in [-0.25, -0.2) is 9.97 Å². The van der Waals surface area contributed by atoms with Crippen LogP contribution in [0.5, 0.6) is 0 Å². The fourth-order valence-electron chi connectivity index (χ4n) is 4.61. The molecule has 33 heavy (non-hydrogen) atoms. The molecule has 0 bridgehead atoms. The van der Waals surface area contributed by atoms with Gasteiger partial charge in [0.1, 0.15) is 41.7 Å². The van der Waals surface area contributed by atoms with E-state index < -0.39 is 47.7 Å². The zero-order chi connectivity index (χ0) is 23.8. The largest absolute Gasteiger partial charge is 0.416 e. The topological polar surface area (TPSA) is 105 Å². The van der Waals surface area contributed by atoms with Crippen molar-refractivity contribution in [2.24, 2.45) is 0 Å².